The molecule has 0 bridgehead atoms. The Hall–Kier alpha value is -3.03. The predicted octanol–water partition coefficient (Wildman–Crippen LogP) is 2.64. The summed E-state index contributed by atoms with van der Waals surface area (Å²) in [5.74, 6) is 1.46. The van der Waals surface area contributed by atoms with Gasteiger partial charge in [0.2, 0.25) is 5.95 Å². The van der Waals surface area contributed by atoms with Gasteiger partial charge in [-0.05, 0) is 25.0 Å². The van der Waals surface area contributed by atoms with Gasteiger partial charge < -0.3 is 14.2 Å². The average molecular weight is 397 g/mol. The van der Waals surface area contributed by atoms with Gasteiger partial charge in [-0.2, -0.15) is 4.98 Å². The zero-order valence-corrected chi connectivity index (χ0v) is 17.2. The number of imidazole rings is 1. The molecule has 0 radical (unpaired) electrons. The molecule has 1 aromatic carbocycles. The summed E-state index contributed by atoms with van der Waals surface area (Å²) in [5, 5.41) is 0. The fraction of sp³-hybridized carbons (Fsp3) is 0.476. The molecule has 0 amide bonds. The first kappa shape index (κ1) is 19.3. The van der Waals surface area contributed by atoms with Crippen LogP contribution in [-0.4, -0.2) is 32.3 Å². The molecule has 29 heavy (non-hydrogen) atoms. The second-order valence-corrected chi connectivity index (χ2v) is 7.45. The van der Waals surface area contributed by atoms with Crippen LogP contribution in [0.25, 0.3) is 11.2 Å². The van der Waals surface area contributed by atoms with Crippen LogP contribution in [0.2, 0.25) is 0 Å². The van der Waals surface area contributed by atoms with E-state index in [1.807, 2.05) is 28.8 Å². The molecule has 0 spiro atoms. The zero-order valence-electron chi connectivity index (χ0n) is 17.2. The van der Waals surface area contributed by atoms with Crippen LogP contribution in [-0.2, 0) is 20.1 Å². The summed E-state index contributed by atoms with van der Waals surface area (Å²) in [6.07, 6.45) is 3.72. The number of nitrogens with zero attached hydrogens (tertiary/aromatic N) is 5. The number of fused-ring (bicyclic) bond motifs is 3. The Morgan fingerprint density at radius 2 is 2.00 bits per heavy atom. The first-order chi connectivity index (χ1) is 14.1. The number of ether oxygens (including phenoxy) is 1. The van der Waals surface area contributed by atoms with E-state index in [4.69, 9.17) is 9.72 Å². The van der Waals surface area contributed by atoms with Crippen molar-refractivity contribution in [3.63, 3.8) is 0 Å². The lowest BCUT2D eigenvalue weighted by Gasteiger charge is -2.29. The molecule has 3 heterocycles. The molecule has 0 saturated heterocycles. The topological polar surface area (TPSA) is 74.3 Å². The Kier molecular flexibility index (Phi) is 5.17. The number of aromatic nitrogens is 4. The van der Waals surface area contributed by atoms with Crippen LogP contribution in [0, 0.1) is 0 Å². The minimum absolute atomic E-state index is 0.245. The molecular formula is C21H27N5O3. The molecule has 2 aromatic heterocycles. The third-order valence-corrected chi connectivity index (χ3v) is 5.57. The Labute approximate surface area is 169 Å². The van der Waals surface area contributed by atoms with Crippen LogP contribution >= 0.6 is 0 Å². The fourth-order valence-electron chi connectivity index (χ4n) is 4.00. The van der Waals surface area contributed by atoms with Gasteiger partial charge in [0, 0.05) is 38.4 Å². The second-order valence-electron chi connectivity index (χ2n) is 7.45. The molecule has 1 aliphatic rings. The van der Waals surface area contributed by atoms with Gasteiger partial charge in [-0.25, -0.2) is 4.79 Å². The summed E-state index contributed by atoms with van der Waals surface area (Å²) < 4.78 is 10.2. The van der Waals surface area contributed by atoms with Crippen LogP contribution in [0.4, 0.5) is 11.6 Å². The van der Waals surface area contributed by atoms with Crippen LogP contribution in [0.15, 0.2) is 33.9 Å². The number of benzene rings is 1. The lowest BCUT2D eigenvalue weighted by atomic mass is 10.2. The van der Waals surface area contributed by atoms with Crippen molar-refractivity contribution in [1.82, 2.24) is 18.7 Å². The van der Waals surface area contributed by atoms with E-state index >= 15 is 0 Å². The van der Waals surface area contributed by atoms with Gasteiger partial charge in [-0.15, -0.1) is 0 Å². The molecule has 4 rings (SSSR count). The summed E-state index contributed by atoms with van der Waals surface area (Å²) in [7, 11) is 3.33. The molecule has 8 heteroatoms. The monoisotopic (exact) mass is 397 g/mol. The summed E-state index contributed by atoms with van der Waals surface area (Å²) >= 11 is 0. The molecule has 8 nitrogen and oxygen atoms in total. The standard InChI is InChI=1S/C21H27N5O3/c1-4-5-6-11-26-19(27)17-18(23(2)21(26)28)22-20-24(12-8-13-25(17)20)15-9-7-10-16(14-15)29-3/h7,9-10,14H,4-6,8,11-13H2,1-3H3. The molecule has 1 aliphatic heterocycles. The Bertz CT molecular complexity index is 1160. The molecule has 0 saturated carbocycles. The SMILES string of the molecule is CCCCCn1c(=O)c2c(nc3n2CCCN3c2cccc(OC)c2)n(C)c1=O. The van der Waals surface area contributed by atoms with Crippen molar-refractivity contribution in [3.05, 3.63) is 45.1 Å². The van der Waals surface area contributed by atoms with Gasteiger partial charge in [0.1, 0.15) is 5.75 Å². The maximum atomic E-state index is 13.2. The number of unbranched alkanes of at least 4 members (excludes halogenated alkanes) is 2. The summed E-state index contributed by atoms with van der Waals surface area (Å²) in [5.41, 5.74) is 1.35. The maximum Gasteiger partial charge on any atom is 0.332 e. The van der Waals surface area contributed by atoms with Gasteiger partial charge in [0.25, 0.3) is 5.56 Å². The van der Waals surface area contributed by atoms with Crippen molar-refractivity contribution in [3.8, 4) is 5.75 Å². The van der Waals surface area contributed by atoms with E-state index in [1.165, 1.54) is 9.13 Å². The van der Waals surface area contributed by atoms with E-state index < -0.39 is 0 Å². The molecule has 0 aliphatic carbocycles. The normalized spacial score (nSPS) is 13.7. The average Bonchev–Trinajstić information content (AvgIpc) is 3.14. The van der Waals surface area contributed by atoms with Crippen molar-refractivity contribution in [2.24, 2.45) is 7.05 Å². The van der Waals surface area contributed by atoms with Crippen molar-refractivity contribution < 1.29 is 4.74 Å². The quantitative estimate of drug-likeness (QED) is 0.598. The van der Waals surface area contributed by atoms with Crippen molar-refractivity contribution >= 4 is 22.8 Å². The van der Waals surface area contributed by atoms with E-state index in [0.717, 1.165) is 43.7 Å². The van der Waals surface area contributed by atoms with Crippen molar-refractivity contribution in [2.45, 2.75) is 45.7 Å². The molecule has 0 fully saturated rings. The number of methoxy groups -OCH3 is 1. The smallest absolute Gasteiger partial charge is 0.332 e. The van der Waals surface area contributed by atoms with Gasteiger partial charge >= 0.3 is 5.69 Å². The van der Waals surface area contributed by atoms with E-state index in [9.17, 15) is 9.59 Å². The predicted molar refractivity (Wildman–Crippen MR) is 113 cm³/mol. The van der Waals surface area contributed by atoms with Gasteiger partial charge in [-0.3, -0.25) is 13.9 Å². The van der Waals surface area contributed by atoms with E-state index in [1.54, 1.807) is 14.2 Å². The van der Waals surface area contributed by atoms with Crippen molar-refractivity contribution in [2.75, 3.05) is 18.6 Å². The first-order valence-corrected chi connectivity index (χ1v) is 10.2. The summed E-state index contributed by atoms with van der Waals surface area (Å²) in [6, 6.07) is 7.79. The highest BCUT2D eigenvalue weighted by Gasteiger charge is 2.27. The molecule has 3 aromatic rings. The maximum absolute atomic E-state index is 13.2. The number of hydrogen-bond donors (Lipinski definition) is 0. The Morgan fingerprint density at radius 1 is 1.17 bits per heavy atom. The van der Waals surface area contributed by atoms with Gasteiger partial charge in [-0.1, -0.05) is 25.8 Å². The highest BCUT2D eigenvalue weighted by Crippen LogP contribution is 2.32. The highest BCUT2D eigenvalue weighted by molar-refractivity contribution is 5.77. The second kappa shape index (κ2) is 7.77. The minimum Gasteiger partial charge on any atom is -0.497 e. The van der Waals surface area contributed by atoms with E-state index in [2.05, 4.69) is 11.8 Å². The summed E-state index contributed by atoms with van der Waals surface area (Å²) in [4.78, 5) is 32.8. The van der Waals surface area contributed by atoms with Crippen molar-refractivity contribution in [1.29, 1.82) is 0 Å². The lowest BCUT2D eigenvalue weighted by molar-refractivity contribution is 0.415. The highest BCUT2D eigenvalue weighted by atomic mass is 16.5. The molecule has 0 atom stereocenters. The lowest BCUT2D eigenvalue weighted by Crippen LogP contribution is -2.40. The van der Waals surface area contributed by atoms with Crippen LogP contribution in [0.5, 0.6) is 5.75 Å². The molecule has 0 unspecified atom stereocenters. The molecule has 154 valence electrons. The van der Waals surface area contributed by atoms with Gasteiger partial charge in [0.15, 0.2) is 11.2 Å². The number of hydrogen-bond acceptors (Lipinski definition) is 5. The fourth-order valence-corrected chi connectivity index (χ4v) is 4.00. The third kappa shape index (κ3) is 3.22. The zero-order chi connectivity index (χ0) is 20.5. The Morgan fingerprint density at radius 3 is 2.76 bits per heavy atom. The van der Waals surface area contributed by atoms with Crippen LogP contribution < -0.4 is 20.9 Å². The molecular weight excluding hydrogens is 370 g/mol. The van der Waals surface area contributed by atoms with E-state index in [-0.39, 0.29) is 11.2 Å². The van der Waals surface area contributed by atoms with Gasteiger partial charge in [0.05, 0.1) is 7.11 Å². The number of aryl methyl sites for hydroxylation is 2. The molecule has 0 N–H and O–H groups in total. The number of rotatable bonds is 6. The van der Waals surface area contributed by atoms with Crippen LogP contribution in [0.3, 0.4) is 0 Å². The largest absolute Gasteiger partial charge is 0.497 e. The minimum atomic E-state index is -0.304. The van der Waals surface area contributed by atoms with Crippen LogP contribution in [0.1, 0.15) is 32.6 Å². The van der Waals surface area contributed by atoms with E-state index in [0.29, 0.717) is 30.2 Å². The summed E-state index contributed by atoms with van der Waals surface area (Å²) in [6.45, 7) is 4.03. The first-order valence-electron chi connectivity index (χ1n) is 10.2. The third-order valence-electron chi connectivity index (χ3n) is 5.57. The Balaban J connectivity index is 1.88. The number of anilines is 2.